The maximum absolute atomic E-state index is 12.6. The number of aryl methyl sites for hydroxylation is 1. The smallest absolute Gasteiger partial charge is 0.253 e. The lowest BCUT2D eigenvalue weighted by Gasteiger charge is -2.25. The van der Waals surface area contributed by atoms with Crippen molar-refractivity contribution in [1.82, 2.24) is 9.88 Å². The number of fused-ring (bicyclic) bond motifs is 1. The van der Waals surface area contributed by atoms with Gasteiger partial charge in [0.25, 0.3) is 5.56 Å². The van der Waals surface area contributed by atoms with Crippen LogP contribution in [0.1, 0.15) is 17.5 Å². The summed E-state index contributed by atoms with van der Waals surface area (Å²) < 4.78 is 0. The molecule has 0 bridgehead atoms. The van der Waals surface area contributed by atoms with E-state index < -0.39 is 0 Å². The molecule has 1 aromatic heterocycles. The van der Waals surface area contributed by atoms with Crippen LogP contribution in [-0.4, -0.2) is 33.3 Å². The molecule has 0 spiro atoms. The normalized spacial score (nSPS) is 10.8. The first-order valence-corrected chi connectivity index (χ1v) is 9.80. The number of aromatic nitrogens is 1. The number of benzene rings is 2. The molecule has 0 saturated heterocycles. The molecule has 3 N–H and O–H groups in total. The number of anilines is 1. The molecule has 0 aliphatic carbocycles. The minimum Gasteiger partial charge on any atom is -0.396 e. The lowest BCUT2D eigenvalue weighted by atomic mass is 10.1. The topological polar surface area (TPSA) is 68.4 Å². The molecule has 5 nitrogen and oxygen atoms in total. The standard InChI is InChI=1S/C21H22ClN3O2S/c1-14-6-7-15-11-16(20(27)24-19(15)10-14)13-25(8-3-9-26)21(28)23-18-5-2-4-17(22)12-18/h2,4-7,10-12,26H,3,8-9,13H2,1H3,(H,23,28)(H,24,27). The maximum atomic E-state index is 12.6. The molecule has 0 aliphatic heterocycles. The van der Waals surface area contributed by atoms with Crippen molar-refractivity contribution in [2.24, 2.45) is 0 Å². The third-order valence-electron chi connectivity index (χ3n) is 4.39. The Morgan fingerprint density at radius 3 is 2.82 bits per heavy atom. The van der Waals surface area contributed by atoms with Crippen molar-refractivity contribution in [2.75, 3.05) is 18.5 Å². The molecule has 3 aromatic rings. The highest BCUT2D eigenvalue weighted by Crippen LogP contribution is 2.17. The first-order valence-electron chi connectivity index (χ1n) is 9.01. The summed E-state index contributed by atoms with van der Waals surface area (Å²) in [6.07, 6.45) is 0.544. The molecule has 0 atom stereocenters. The first-order chi connectivity index (χ1) is 13.5. The van der Waals surface area contributed by atoms with E-state index in [0.29, 0.717) is 35.2 Å². The van der Waals surface area contributed by atoms with Crippen LogP contribution in [-0.2, 0) is 6.54 Å². The molecule has 146 valence electrons. The van der Waals surface area contributed by atoms with Crippen LogP contribution in [0.25, 0.3) is 10.9 Å². The van der Waals surface area contributed by atoms with Crippen LogP contribution in [0.3, 0.4) is 0 Å². The van der Waals surface area contributed by atoms with Gasteiger partial charge in [-0.05, 0) is 66.8 Å². The van der Waals surface area contributed by atoms with Crippen molar-refractivity contribution >= 4 is 45.5 Å². The number of hydrogen-bond acceptors (Lipinski definition) is 3. The minimum absolute atomic E-state index is 0.0453. The zero-order valence-corrected chi connectivity index (χ0v) is 17.1. The lowest BCUT2D eigenvalue weighted by molar-refractivity contribution is 0.266. The Morgan fingerprint density at radius 2 is 2.07 bits per heavy atom. The van der Waals surface area contributed by atoms with Gasteiger partial charge >= 0.3 is 0 Å². The molecular weight excluding hydrogens is 394 g/mol. The molecule has 0 saturated carbocycles. The van der Waals surface area contributed by atoms with Gasteiger partial charge < -0.3 is 20.3 Å². The van der Waals surface area contributed by atoms with Gasteiger partial charge in [0.15, 0.2) is 5.11 Å². The van der Waals surface area contributed by atoms with Gasteiger partial charge in [-0.2, -0.15) is 0 Å². The fourth-order valence-electron chi connectivity index (χ4n) is 2.97. The Hall–Kier alpha value is -2.41. The van der Waals surface area contributed by atoms with Crippen LogP contribution in [0.2, 0.25) is 5.02 Å². The van der Waals surface area contributed by atoms with E-state index in [2.05, 4.69) is 10.3 Å². The number of pyridine rings is 1. The van der Waals surface area contributed by atoms with Crippen molar-refractivity contribution in [1.29, 1.82) is 0 Å². The molecule has 0 unspecified atom stereocenters. The number of rotatable bonds is 6. The van der Waals surface area contributed by atoms with Gasteiger partial charge in [-0.15, -0.1) is 0 Å². The summed E-state index contributed by atoms with van der Waals surface area (Å²) in [4.78, 5) is 17.4. The van der Waals surface area contributed by atoms with Crippen molar-refractivity contribution in [2.45, 2.75) is 19.9 Å². The summed E-state index contributed by atoms with van der Waals surface area (Å²) in [6, 6.07) is 15.1. The van der Waals surface area contributed by atoms with E-state index in [0.717, 1.165) is 22.2 Å². The second-order valence-electron chi connectivity index (χ2n) is 6.65. The van der Waals surface area contributed by atoms with Crippen molar-refractivity contribution in [3.05, 3.63) is 75.0 Å². The Kier molecular flexibility index (Phi) is 6.67. The summed E-state index contributed by atoms with van der Waals surface area (Å²) in [5.41, 5.74) is 3.15. The second kappa shape index (κ2) is 9.19. The molecule has 0 radical (unpaired) electrons. The highest BCUT2D eigenvalue weighted by atomic mass is 35.5. The van der Waals surface area contributed by atoms with E-state index in [1.54, 1.807) is 12.1 Å². The average molecular weight is 416 g/mol. The zero-order valence-electron chi connectivity index (χ0n) is 15.5. The number of aromatic amines is 1. The van der Waals surface area contributed by atoms with Crippen LogP contribution in [0.15, 0.2) is 53.3 Å². The summed E-state index contributed by atoms with van der Waals surface area (Å²) in [5.74, 6) is 0. The number of nitrogens with one attached hydrogen (secondary N) is 2. The molecule has 3 rings (SSSR count). The summed E-state index contributed by atoms with van der Waals surface area (Å²) >= 11 is 11.6. The largest absolute Gasteiger partial charge is 0.396 e. The summed E-state index contributed by atoms with van der Waals surface area (Å²) in [5, 5.41) is 14.4. The number of nitrogens with zero attached hydrogens (tertiary/aromatic N) is 1. The van der Waals surface area contributed by atoms with Gasteiger partial charge in [0.1, 0.15) is 0 Å². The average Bonchev–Trinajstić information content (AvgIpc) is 2.65. The van der Waals surface area contributed by atoms with Crippen LogP contribution < -0.4 is 10.9 Å². The van der Waals surface area contributed by atoms with E-state index in [1.165, 1.54) is 0 Å². The quantitative estimate of drug-likeness (QED) is 0.529. The highest BCUT2D eigenvalue weighted by Gasteiger charge is 2.14. The van der Waals surface area contributed by atoms with Gasteiger partial charge in [0.2, 0.25) is 0 Å². The zero-order chi connectivity index (χ0) is 20.1. The molecule has 0 aliphatic rings. The van der Waals surface area contributed by atoms with Crippen LogP contribution >= 0.6 is 23.8 Å². The number of H-pyrrole nitrogens is 1. The molecule has 2 aromatic carbocycles. The number of aliphatic hydroxyl groups is 1. The molecule has 1 heterocycles. The molecule has 0 fully saturated rings. The third kappa shape index (κ3) is 5.10. The van der Waals surface area contributed by atoms with Gasteiger partial charge in [0, 0.05) is 34.9 Å². The monoisotopic (exact) mass is 415 g/mol. The van der Waals surface area contributed by atoms with Crippen LogP contribution in [0.5, 0.6) is 0 Å². The highest BCUT2D eigenvalue weighted by molar-refractivity contribution is 7.80. The van der Waals surface area contributed by atoms with E-state index in [9.17, 15) is 9.90 Å². The van der Waals surface area contributed by atoms with E-state index in [-0.39, 0.29) is 12.2 Å². The predicted octanol–water partition coefficient (Wildman–Crippen LogP) is 4.07. The SMILES string of the molecule is Cc1ccc2cc(CN(CCCO)C(=S)Nc3cccc(Cl)c3)c(=O)[nH]c2c1. The number of aliphatic hydroxyl groups excluding tert-OH is 1. The van der Waals surface area contributed by atoms with Gasteiger partial charge in [-0.25, -0.2) is 0 Å². The van der Waals surface area contributed by atoms with Crippen molar-refractivity contribution in [3.8, 4) is 0 Å². The Morgan fingerprint density at radius 1 is 1.25 bits per heavy atom. The van der Waals surface area contributed by atoms with Gasteiger partial charge in [0.05, 0.1) is 6.54 Å². The van der Waals surface area contributed by atoms with Crippen molar-refractivity contribution in [3.63, 3.8) is 0 Å². The second-order valence-corrected chi connectivity index (χ2v) is 7.48. The number of halogens is 1. The fourth-order valence-corrected chi connectivity index (χ4v) is 3.43. The van der Waals surface area contributed by atoms with Gasteiger partial charge in [-0.1, -0.05) is 29.8 Å². The molecule has 28 heavy (non-hydrogen) atoms. The molecular formula is C21H22ClN3O2S. The van der Waals surface area contributed by atoms with Crippen molar-refractivity contribution < 1.29 is 5.11 Å². The molecule has 0 amide bonds. The molecule has 7 heteroatoms. The van der Waals surface area contributed by atoms with Crippen LogP contribution in [0, 0.1) is 6.92 Å². The summed E-state index contributed by atoms with van der Waals surface area (Å²) in [7, 11) is 0. The van der Waals surface area contributed by atoms with Crippen LogP contribution in [0.4, 0.5) is 5.69 Å². The van der Waals surface area contributed by atoms with Gasteiger partial charge in [-0.3, -0.25) is 4.79 Å². The lowest BCUT2D eigenvalue weighted by Crippen LogP contribution is -2.37. The van der Waals surface area contributed by atoms with E-state index >= 15 is 0 Å². The first kappa shape index (κ1) is 20.3. The third-order valence-corrected chi connectivity index (χ3v) is 4.98. The fraction of sp³-hybridized carbons (Fsp3) is 0.238. The Bertz CT molecular complexity index is 1050. The maximum Gasteiger partial charge on any atom is 0.253 e. The van der Waals surface area contributed by atoms with E-state index in [4.69, 9.17) is 23.8 Å². The number of hydrogen-bond donors (Lipinski definition) is 3. The Balaban J connectivity index is 1.84. The Labute approximate surface area is 174 Å². The predicted molar refractivity (Wildman–Crippen MR) is 119 cm³/mol. The van der Waals surface area contributed by atoms with E-state index in [1.807, 2.05) is 48.2 Å². The number of thiocarbonyl (C=S) groups is 1. The summed E-state index contributed by atoms with van der Waals surface area (Å²) in [6.45, 7) is 2.89. The minimum atomic E-state index is -0.141.